The van der Waals surface area contributed by atoms with E-state index in [1.165, 1.54) is 0 Å². The van der Waals surface area contributed by atoms with E-state index in [1.807, 2.05) is 6.92 Å². The minimum Gasteiger partial charge on any atom is -0.465 e. The fraction of sp³-hybridized carbons (Fsp3) is 0.692. The maximum atomic E-state index is 12.4. The average Bonchev–Trinajstić information content (AvgIpc) is 3.05. The summed E-state index contributed by atoms with van der Waals surface area (Å²) in [4.78, 5) is 70.5. The number of rotatable bonds is 28. The molecule has 0 fully saturated rings. The van der Waals surface area contributed by atoms with Gasteiger partial charge in [0.1, 0.15) is 19.8 Å². The first-order valence-corrected chi connectivity index (χ1v) is 15.5. The van der Waals surface area contributed by atoms with E-state index in [1.54, 1.807) is 0 Å². The van der Waals surface area contributed by atoms with Crippen LogP contribution in [0.2, 0.25) is 0 Å². The Balaban J connectivity index is -0.000000645. The fourth-order valence-electron chi connectivity index (χ4n) is 3.69. The van der Waals surface area contributed by atoms with Gasteiger partial charge in [0.15, 0.2) is 0 Å². The van der Waals surface area contributed by atoms with Crippen molar-refractivity contribution >= 4 is 35.8 Å². The lowest BCUT2D eigenvalue weighted by Gasteiger charge is -2.31. The van der Waals surface area contributed by atoms with Crippen molar-refractivity contribution in [1.29, 1.82) is 0 Å². The monoisotopic (exact) mass is 735 g/mol. The van der Waals surface area contributed by atoms with Crippen LogP contribution in [0.1, 0.15) is 135 Å². The van der Waals surface area contributed by atoms with E-state index in [0.29, 0.717) is 64.2 Å². The van der Waals surface area contributed by atoms with Crippen LogP contribution in [0.25, 0.3) is 0 Å². The molecule has 0 rings (SSSR count). The zero-order valence-corrected chi connectivity index (χ0v) is 26.7. The Bertz CT molecular complexity index is 841. The van der Waals surface area contributed by atoms with Gasteiger partial charge >= 0.3 is 35.8 Å². The Hall–Kier alpha value is -3.96. The zero-order chi connectivity index (χ0) is 33.8. The molecule has 0 saturated heterocycles. The van der Waals surface area contributed by atoms with Gasteiger partial charge in [-0.1, -0.05) is 71.2 Å². The lowest BCUT2D eigenvalue weighted by Crippen LogP contribution is -2.39. The summed E-state index contributed by atoms with van der Waals surface area (Å²) in [5.41, 5.74) is -0.933. The van der Waals surface area contributed by atoms with Crippen molar-refractivity contribution in [1.82, 2.24) is 0 Å². The van der Waals surface area contributed by atoms with Gasteiger partial charge in [-0.3, -0.25) is 14.4 Å². The van der Waals surface area contributed by atoms with Crippen molar-refractivity contribution < 1.29 is 57.2 Å². The molecule has 0 aliphatic carbocycles. The topological polar surface area (TPSA) is 158 Å². The minimum atomic E-state index is -0.933. The molecule has 12 heteroatoms. The molecule has 0 aromatic carbocycles. The van der Waals surface area contributed by atoms with Crippen molar-refractivity contribution in [2.45, 2.75) is 135 Å². The Labute approximate surface area is 310 Å². The Kier molecular flexibility index (Phi) is 49.4. The van der Waals surface area contributed by atoms with Crippen LogP contribution < -0.4 is 0 Å². The number of ether oxygens (including phenoxy) is 6. The van der Waals surface area contributed by atoms with Crippen molar-refractivity contribution in [3.8, 4) is 0 Å². The third-order valence-electron chi connectivity index (χ3n) is 6.68. The van der Waals surface area contributed by atoms with Crippen molar-refractivity contribution in [2.24, 2.45) is 5.41 Å². The van der Waals surface area contributed by atoms with Gasteiger partial charge in [-0.15, -0.1) is 0 Å². The molecule has 0 aliphatic heterocycles. The van der Waals surface area contributed by atoms with Crippen molar-refractivity contribution in [3.63, 3.8) is 0 Å². The quantitative estimate of drug-likeness (QED) is 0.0326. The normalized spacial score (nSPS) is 9.35. The van der Waals surface area contributed by atoms with Crippen LogP contribution in [0.15, 0.2) is 38.0 Å². The molecular weight excluding hydrogens is 660 g/mol. The fourth-order valence-corrected chi connectivity index (χ4v) is 3.69. The van der Waals surface area contributed by atoms with E-state index in [9.17, 15) is 28.8 Å². The summed E-state index contributed by atoms with van der Waals surface area (Å²) in [6.45, 7) is 12.2. The van der Waals surface area contributed by atoms with Crippen LogP contribution >= 0.6 is 0 Å². The summed E-state index contributed by atoms with van der Waals surface area (Å²) >= 11 is 0. The van der Waals surface area contributed by atoms with Gasteiger partial charge in [0.25, 0.3) is 0 Å². The van der Waals surface area contributed by atoms with Gasteiger partial charge in [0.2, 0.25) is 0 Å². The molecule has 0 radical (unpaired) electrons. The zero-order valence-electron chi connectivity index (χ0n) is 26.7. The Morgan fingerprint density at radius 1 is 0.431 bits per heavy atom. The van der Waals surface area contributed by atoms with Crippen molar-refractivity contribution in [2.75, 3.05) is 39.6 Å². The number of esters is 6. The summed E-state index contributed by atoms with van der Waals surface area (Å²) < 4.78 is 31.3. The predicted molar refractivity (Wildman–Crippen MR) is 205 cm³/mol. The van der Waals surface area contributed by atoms with Gasteiger partial charge in [-0.05, 0) is 64.2 Å². The maximum Gasteiger partial charge on any atom is 0.330 e. The van der Waals surface area contributed by atoms with E-state index in [2.05, 4.69) is 19.7 Å². The lowest BCUT2D eigenvalue weighted by atomic mass is 9.88. The van der Waals surface area contributed by atoms with Crippen LogP contribution in [0, 0.1) is 5.41 Å². The second kappa shape index (κ2) is 40.5. The van der Waals surface area contributed by atoms with Crippen LogP contribution in [-0.4, -0.2) is 75.5 Å². The van der Waals surface area contributed by atoms with E-state index in [-0.39, 0.29) is 103 Å². The number of carbonyl (C=O) groups is 6. The molecular formula is C39H74O12. The van der Waals surface area contributed by atoms with Crippen LogP contribution in [0.3, 0.4) is 0 Å². The van der Waals surface area contributed by atoms with Crippen LogP contribution in [0.4, 0.5) is 0 Å². The summed E-state index contributed by atoms with van der Waals surface area (Å²) in [5, 5.41) is 0. The molecule has 12 nitrogen and oxygen atoms in total. The van der Waals surface area contributed by atoms with Gasteiger partial charge in [-0.25, -0.2) is 14.4 Å². The van der Waals surface area contributed by atoms with E-state index in [4.69, 9.17) is 28.4 Å². The molecule has 51 heavy (non-hydrogen) atoms. The Morgan fingerprint density at radius 2 is 0.686 bits per heavy atom. The van der Waals surface area contributed by atoms with Crippen LogP contribution in [-0.2, 0) is 57.2 Å². The molecule has 0 amide bonds. The van der Waals surface area contributed by atoms with Gasteiger partial charge < -0.3 is 28.4 Å². The first-order chi connectivity index (χ1) is 21.6. The highest BCUT2D eigenvalue weighted by atomic mass is 16.6. The first kappa shape index (κ1) is 62.2. The highest BCUT2D eigenvalue weighted by molar-refractivity contribution is 5.81. The predicted octanol–water partition coefficient (Wildman–Crippen LogP) is 8.70. The maximum absolute atomic E-state index is 12.4. The third-order valence-corrected chi connectivity index (χ3v) is 6.68. The van der Waals surface area contributed by atoms with E-state index < -0.39 is 41.2 Å². The third kappa shape index (κ3) is 35.7. The van der Waals surface area contributed by atoms with Crippen molar-refractivity contribution in [3.05, 3.63) is 38.0 Å². The standard InChI is InChI=1S/C33H50O12.6CH4/c1-5-27(34)40-21-15-9-12-18-30(37)43-24-33(8-4,25-44-31(38)19-13-10-16-22-41-28(35)6-2)26-45-32(39)20-14-11-17-23-42-29(36)7-3;;;;;;/h5-7H,1-3,8-26H2,4H3;6*1H4. The number of unbranched alkanes of at least 4 members (excludes halogenated alkanes) is 6. The molecule has 0 aromatic rings. The summed E-state index contributed by atoms with van der Waals surface area (Å²) in [7, 11) is 0. The molecule has 302 valence electrons. The Morgan fingerprint density at radius 3 is 0.902 bits per heavy atom. The highest BCUT2D eigenvalue weighted by Gasteiger charge is 2.34. The SMILES string of the molecule is C.C.C.C.C.C.C=CC(=O)OCCCCCC(=O)OCC(CC)(COC(=O)CCCCCOC(=O)C=C)COC(=O)CCCCCOC(=O)C=C. The molecule has 0 atom stereocenters. The molecule has 0 unspecified atom stereocenters. The molecule has 0 aliphatic rings. The second-order valence-electron chi connectivity index (χ2n) is 10.4. The van der Waals surface area contributed by atoms with E-state index >= 15 is 0 Å². The molecule has 0 saturated carbocycles. The van der Waals surface area contributed by atoms with Gasteiger partial charge in [0.05, 0.1) is 25.2 Å². The average molecular weight is 735 g/mol. The summed E-state index contributed by atoms with van der Waals surface area (Å²) in [5.74, 6) is -2.81. The van der Waals surface area contributed by atoms with Gasteiger partial charge in [0, 0.05) is 37.5 Å². The summed E-state index contributed by atoms with van der Waals surface area (Å²) in [6.07, 6.45) is 9.47. The number of hydrogen-bond donors (Lipinski definition) is 0. The largest absolute Gasteiger partial charge is 0.465 e. The summed E-state index contributed by atoms with van der Waals surface area (Å²) in [6, 6.07) is 0. The molecule has 0 bridgehead atoms. The van der Waals surface area contributed by atoms with E-state index in [0.717, 1.165) is 18.2 Å². The number of carbonyl (C=O) groups excluding carboxylic acids is 6. The molecule has 0 aromatic heterocycles. The lowest BCUT2D eigenvalue weighted by molar-refractivity contribution is -0.162. The van der Waals surface area contributed by atoms with Gasteiger partial charge in [-0.2, -0.15) is 0 Å². The highest BCUT2D eigenvalue weighted by Crippen LogP contribution is 2.25. The second-order valence-corrected chi connectivity index (χ2v) is 10.4. The first-order valence-electron chi connectivity index (χ1n) is 15.5. The molecule has 0 N–H and O–H groups in total. The number of hydrogen-bond acceptors (Lipinski definition) is 12. The van der Waals surface area contributed by atoms with Crippen LogP contribution in [0.5, 0.6) is 0 Å². The smallest absolute Gasteiger partial charge is 0.330 e. The molecule has 0 spiro atoms. The molecule has 0 heterocycles. The minimum absolute atomic E-state index is 0.